The van der Waals surface area contributed by atoms with Gasteiger partial charge in [-0.25, -0.2) is 0 Å². The molecule has 4 aliphatic rings. The van der Waals surface area contributed by atoms with E-state index in [4.69, 9.17) is 0 Å². The van der Waals surface area contributed by atoms with Gasteiger partial charge in [0.2, 0.25) is 0 Å². The van der Waals surface area contributed by atoms with Crippen LogP contribution in [0.15, 0.2) is 11.6 Å². The molecule has 0 spiro atoms. The van der Waals surface area contributed by atoms with Crippen LogP contribution in [0.25, 0.3) is 0 Å². The third-order valence-corrected chi connectivity index (χ3v) is 7.47. The van der Waals surface area contributed by atoms with Crippen molar-refractivity contribution in [1.82, 2.24) is 0 Å². The largest absolute Gasteiger partial charge is 0.300 e. The molecule has 0 unspecified atom stereocenters. The quantitative estimate of drug-likeness (QED) is 0.645. The van der Waals surface area contributed by atoms with Gasteiger partial charge in [-0.15, -0.1) is 0 Å². The van der Waals surface area contributed by atoms with E-state index < -0.39 is 5.41 Å². The Morgan fingerprint density at radius 2 is 1.82 bits per heavy atom. The van der Waals surface area contributed by atoms with Crippen LogP contribution in [0.4, 0.5) is 0 Å². The Hall–Kier alpha value is -1.25. The lowest BCUT2D eigenvalue weighted by Gasteiger charge is -2.54. The Balaban J connectivity index is 1.79. The van der Waals surface area contributed by atoms with Crippen molar-refractivity contribution in [3.8, 4) is 0 Å². The molecule has 5 atom stereocenters. The van der Waals surface area contributed by atoms with E-state index in [9.17, 15) is 14.4 Å². The summed E-state index contributed by atoms with van der Waals surface area (Å²) < 4.78 is 0. The number of hydrogen-bond donors (Lipinski definition) is 0. The van der Waals surface area contributed by atoms with Gasteiger partial charge in [0, 0.05) is 19.3 Å². The number of Topliss-reactive ketones (excluding diaryl/α,β-unsaturated/α-hetero) is 2. The van der Waals surface area contributed by atoms with Gasteiger partial charge >= 0.3 is 0 Å². The SMILES string of the molecule is C[C@@]12C(=O)C=C3[C@H](CC[C@H]4CC(=O)CC[C@@]34C)[C@H]1CCC2=O. The molecule has 0 bridgehead atoms. The average molecular weight is 300 g/mol. The van der Waals surface area contributed by atoms with Gasteiger partial charge in [-0.3, -0.25) is 14.4 Å². The van der Waals surface area contributed by atoms with Gasteiger partial charge in [-0.1, -0.05) is 12.5 Å². The normalized spacial score (nSPS) is 47.6. The summed E-state index contributed by atoms with van der Waals surface area (Å²) in [5, 5.41) is 0. The molecule has 118 valence electrons. The molecule has 3 saturated carbocycles. The van der Waals surface area contributed by atoms with Gasteiger partial charge in [-0.2, -0.15) is 0 Å². The summed E-state index contributed by atoms with van der Waals surface area (Å²) in [5.74, 6) is 1.52. The van der Waals surface area contributed by atoms with Gasteiger partial charge in [0.25, 0.3) is 0 Å². The fraction of sp³-hybridized carbons (Fsp3) is 0.737. The molecule has 0 aliphatic heterocycles. The standard InChI is InChI=1S/C19H24O3/c1-18-8-7-12(20)9-11(18)3-4-13-14-5-6-16(21)19(14,2)17(22)10-15(13)18/h10-11,13-14H,3-9H2,1-2H3/t11-,13+,14+,18+,19+/m0/s1. The molecule has 0 aromatic heterocycles. The van der Waals surface area contributed by atoms with Gasteiger partial charge < -0.3 is 0 Å². The molecule has 0 heterocycles. The van der Waals surface area contributed by atoms with Crippen molar-refractivity contribution < 1.29 is 14.4 Å². The maximum atomic E-state index is 12.8. The summed E-state index contributed by atoms with van der Waals surface area (Å²) in [4.78, 5) is 36.9. The highest BCUT2D eigenvalue weighted by atomic mass is 16.2. The molecule has 0 aromatic carbocycles. The lowest BCUT2D eigenvalue weighted by molar-refractivity contribution is -0.139. The van der Waals surface area contributed by atoms with Crippen LogP contribution in [0.1, 0.15) is 58.8 Å². The fourth-order valence-electron chi connectivity index (χ4n) is 5.91. The van der Waals surface area contributed by atoms with E-state index in [1.54, 1.807) is 0 Å². The van der Waals surface area contributed by atoms with Crippen LogP contribution in [0.5, 0.6) is 0 Å². The molecule has 0 radical (unpaired) electrons. The number of ketones is 3. The van der Waals surface area contributed by atoms with Gasteiger partial charge in [-0.05, 0) is 61.9 Å². The second-order valence-electron chi connectivity index (χ2n) is 8.28. The Morgan fingerprint density at radius 1 is 1.05 bits per heavy atom. The second kappa shape index (κ2) is 4.39. The zero-order valence-corrected chi connectivity index (χ0v) is 13.5. The molecule has 3 heteroatoms. The third kappa shape index (κ3) is 1.60. The van der Waals surface area contributed by atoms with Crippen molar-refractivity contribution in [3.63, 3.8) is 0 Å². The van der Waals surface area contributed by atoms with Gasteiger partial charge in [0.15, 0.2) is 5.78 Å². The maximum absolute atomic E-state index is 12.8. The van der Waals surface area contributed by atoms with Crippen LogP contribution in [0, 0.1) is 28.6 Å². The third-order valence-electron chi connectivity index (χ3n) is 7.47. The molecular weight excluding hydrogens is 276 g/mol. The lowest BCUT2D eigenvalue weighted by Crippen LogP contribution is -2.51. The minimum Gasteiger partial charge on any atom is -0.300 e. The molecule has 3 nitrogen and oxygen atoms in total. The topological polar surface area (TPSA) is 51.2 Å². The maximum Gasteiger partial charge on any atom is 0.169 e. The predicted molar refractivity (Wildman–Crippen MR) is 82.1 cm³/mol. The zero-order chi connectivity index (χ0) is 15.7. The summed E-state index contributed by atoms with van der Waals surface area (Å²) in [6.07, 6.45) is 7.56. The molecular formula is C19H24O3. The Morgan fingerprint density at radius 3 is 2.59 bits per heavy atom. The van der Waals surface area contributed by atoms with Gasteiger partial charge in [0.05, 0.1) is 5.41 Å². The van der Waals surface area contributed by atoms with Crippen molar-refractivity contribution in [2.45, 2.75) is 58.8 Å². The van der Waals surface area contributed by atoms with Crippen LogP contribution < -0.4 is 0 Å². The Labute approximate surface area is 131 Å². The number of carbonyl (C=O) groups excluding carboxylic acids is 3. The number of fused-ring (bicyclic) bond motifs is 5. The predicted octanol–water partition coefficient (Wildman–Crippen LogP) is 3.27. The number of hydrogen-bond acceptors (Lipinski definition) is 3. The van der Waals surface area contributed by atoms with E-state index in [0.29, 0.717) is 36.9 Å². The summed E-state index contributed by atoms with van der Waals surface area (Å²) in [6, 6.07) is 0. The van der Waals surface area contributed by atoms with E-state index in [1.807, 2.05) is 13.0 Å². The van der Waals surface area contributed by atoms with E-state index in [-0.39, 0.29) is 22.9 Å². The van der Waals surface area contributed by atoms with Crippen LogP contribution >= 0.6 is 0 Å². The first-order chi connectivity index (χ1) is 10.4. The summed E-state index contributed by atoms with van der Waals surface area (Å²) in [7, 11) is 0. The minimum absolute atomic E-state index is 0.000541. The number of carbonyl (C=O) groups is 3. The average Bonchev–Trinajstić information content (AvgIpc) is 2.79. The molecule has 0 saturated heterocycles. The number of allylic oxidation sites excluding steroid dienone is 2. The molecule has 22 heavy (non-hydrogen) atoms. The molecule has 4 rings (SSSR count). The van der Waals surface area contributed by atoms with E-state index in [2.05, 4.69) is 6.92 Å². The van der Waals surface area contributed by atoms with Crippen molar-refractivity contribution >= 4 is 17.3 Å². The summed E-state index contributed by atoms with van der Waals surface area (Å²) in [6.45, 7) is 4.14. The molecule has 0 amide bonds. The van der Waals surface area contributed by atoms with Crippen molar-refractivity contribution in [1.29, 1.82) is 0 Å². The van der Waals surface area contributed by atoms with Crippen molar-refractivity contribution in [2.24, 2.45) is 28.6 Å². The molecule has 3 fully saturated rings. The highest BCUT2D eigenvalue weighted by molar-refractivity contribution is 6.14. The highest BCUT2D eigenvalue weighted by Gasteiger charge is 2.60. The van der Waals surface area contributed by atoms with Crippen molar-refractivity contribution in [3.05, 3.63) is 11.6 Å². The van der Waals surface area contributed by atoms with Crippen LogP contribution in [-0.4, -0.2) is 17.3 Å². The Kier molecular flexibility index (Phi) is 2.87. The zero-order valence-electron chi connectivity index (χ0n) is 13.5. The molecule has 0 aromatic rings. The lowest BCUT2D eigenvalue weighted by atomic mass is 9.49. The Bertz CT molecular complexity index is 616. The van der Waals surface area contributed by atoms with Crippen LogP contribution in [0.2, 0.25) is 0 Å². The first-order valence-corrected chi connectivity index (χ1v) is 8.69. The monoisotopic (exact) mass is 300 g/mol. The minimum atomic E-state index is -0.762. The summed E-state index contributed by atoms with van der Waals surface area (Å²) in [5.41, 5.74) is 0.514. The highest BCUT2D eigenvalue weighted by Crippen LogP contribution is 2.62. The van der Waals surface area contributed by atoms with Crippen LogP contribution in [0.3, 0.4) is 0 Å². The molecule has 4 aliphatic carbocycles. The fourth-order valence-corrected chi connectivity index (χ4v) is 5.91. The number of rotatable bonds is 0. The van der Waals surface area contributed by atoms with Crippen LogP contribution in [-0.2, 0) is 14.4 Å². The van der Waals surface area contributed by atoms with Crippen molar-refractivity contribution in [2.75, 3.05) is 0 Å². The first kappa shape index (κ1) is 14.3. The first-order valence-electron chi connectivity index (χ1n) is 8.69. The van der Waals surface area contributed by atoms with Gasteiger partial charge in [0.1, 0.15) is 11.6 Å². The van der Waals surface area contributed by atoms with E-state index in [0.717, 1.165) is 25.7 Å². The summed E-state index contributed by atoms with van der Waals surface area (Å²) >= 11 is 0. The smallest absolute Gasteiger partial charge is 0.169 e. The molecule has 0 N–H and O–H groups in total. The second-order valence-corrected chi connectivity index (χ2v) is 8.28. The van der Waals surface area contributed by atoms with E-state index >= 15 is 0 Å². The van der Waals surface area contributed by atoms with E-state index in [1.165, 1.54) is 5.57 Å².